The van der Waals surface area contributed by atoms with Crippen LogP contribution < -0.4 is 9.47 Å². The number of halogens is 1. The summed E-state index contributed by atoms with van der Waals surface area (Å²) in [5, 5.41) is 10.7. The van der Waals surface area contributed by atoms with Crippen molar-refractivity contribution in [3.05, 3.63) is 80.2 Å². The molecule has 2 aromatic rings. The van der Waals surface area contributed by atoms with Crippen LogP contribution in [0.3, 0.4) is 0 Å². The summed E-state index contributed by atoms with van der Waals surface area (Å²) < 4.78 is 11.2. The molecular weight excluding hydrogens is 456 g/mol. The molecule has 8 nitrogen and oxygen atoms in total. The molecule has 0 spiro atoms. The quantitative estimate of drug-likeness (QED) is 0.206. The summed E-state index contributed by atoms with van der Waals surface area (Å²) in [4.78, 5) is 36.8. The Morgan fingerprint density at radius 3 is 2.56 bits per heavy atom. The summed E-state index contributed by atoms with van der Waals surface area (Å²) in [7, 11) is 0. The normalized spacial score (nSPS) is 14.7. The Morgan fingerprint density at radius 2 is 1.94 bits per heavy atom. The molecule has 0 N–H and O–H groups in total. The van der Waals surface area contributed by atoms with Crippen LogP contribution in [0.5, 0.6) is 11.5 Å². The van der Waals surface area contributed by atoms with Crippen molar-refractivity contribution in [2.75, 3.05) is 13.2 Å². The summed E-state index contributed by atoms with van der Waals surface area (Å²) in [6, 6.07) is 8.99. The smallest absolute Gasteiger partial charge is 0.293 e. The minimum Gasteiger partial charge on any atom is -0.490 e. The number of carbonyl (C=O) groups is 2. The van der Waals surface area contributed by atoms with Gasteiger partial charge in [0.25, 0.3) is 16.8 Å². The van der Waals surface area contributed by atoms with E-state index in [9.17, 15) is 19.7 Å². The van der Waals surface area contributed by atoms with E-state index >= 15 is 0 Å². The number of rotatable bonds is 9. The van der Waals surface area contributed by atoms with Gasteiger partial charge in [0.05, 0.1) is 28.0 Å². The third-order valence-electron chi connectivity index (χ3n) is 4.34. The summed E-state index contributed by atoms with van der Waals surface area (Å²) in [5.41, 5.74) is 1.11. The van der Waals surface area contributed by atoms with Gasteiger partial charge in [-0.3, -0.25) is 24.6 Å². The van der Waals surface area contributed by atoms with E-state index in [1.807, 2.05) is 6.92 Å². The number of amides is 2. The second kappa shape index (κ2) is 10.3. The first-order valence-corrected chi connectivity index (χ1v) is 10.7. The molecule has 0 saturated carbocycles. The number of benzene rings is 2. The van der Waals surface area contributed by atoms with Crippen molar-refractivity contribution >= 4 is 46.3 Å². The van der Waals surface area contributed by atoms with Gasteiger partial charge in [-0.2, -0.15) is 0 Å². The van der Waals surface area contributed by atoms with Crippen molar-refractivity contribution in [2.45, 2.75) is 13.5 Å². The van der Waals surface area contributed by atoms with Crippen LogP contribution in [0.25, 0.3) is 6.08 Å². The second-order valence-electron chi connectivity index (χ2n) is 6.55. The number of hydrogen-bond acceptors (Lipinski definition) is 7. The van der Waals surface area contributed by atoms with Gasteiger partial charge in [-0.15, -0.1) is 0 Å². The molecule has 32 heavy (non-hydrogen) atoms. The van der Waals surface area contributed by atoms with E-state index in [0.29, 0.717) is 34.3 Å². The zero-order valence-corrected chi connectivity index (χ0v) is 18.6. The number of carbonyl (C=O) groups excluding carboxylic acids is 2. The van der Waals surface area contributed by atoms with E-state index in [2.05, 4.69) is 6.58 Å². The zero-order valence-electron chi connectivity index (χ0n) is 17.1. The predicted octanol–water partition coefficient (Wildman–Crippen LogP) is 5.45. The predicted molar refractivity (Wildman–Crippen MR) is 123 cm³/mol. The fourth-order valence-corrected chi connectivity index (χ4v) is 4.02. The number of nitro groups is 1. The molecule has 1 heterocycles. The van der Waals surface area contributed by atoms with E-state index in [1.165, 1.54) is 24.3 Å². The summed E-state index contributed by atoms with van der Waals surface area (Å²) >= 11 is 7.15. The Hall–Kier alpha value is -3.30. The Kier molecular flexibility index (Phi) is 7.55. The Bertz CT molecular complexity index is 1100. The highest BCUT2D eigenvalue weighted by atomic mass is 35.5. The topological polar surface area (TPSA) is 99.0 Å². The fourth-order valence-electron chi connectivity index (χ4n) is 2.91. The number of thioether (sulfide) groups is 1. The van der Waals surface area contributed by atoms with Crippen molar-refractivity contribution in [1.82, 2.24) is 4.90 Å². The number of hydrogen-bond donors (Lipinski definition) is 0. The SMILES string of the molecule is C=CCOc1c(Cl)cc(/C=C2/SC(=O)N(Cc3ccc([N+](=O)[O-])cc3)C2=O)cc1OCC. The molecule has 1 saturated heterocycles. The van der Waals surface area contributed by atoms with Gasteiger partial charge in [-0.1, -0.05) is 36.4 Å². The minimum atomic E-state index is -0.512. The van der Waals surface area contributed by atoms with Gasteiger partial charge in [0.2, 0.25) is 0 Å². The molecule has 2 amide bonds. The third-order valence-corrected chi connectivity index (χ3v) is 5.52. The van der Waals surface area contributed by atoms with Gasteiger partial charge >= 0.3 is 0 Å². The molecule has 2 aromatic carbocycles. The molecule has 1 aliphatic heterocycles. The summed E-state index contributed by atoms with van der Waals surface area (Å²) in [5.74, 6) is 0.328. The highest BCUT2D eigenvalue weighted by molar-refractivity contribution is 8.18. The van der Waals surface area contributed by atoms with Crippen LogP contribution in [-0.4, -0.2) is 34.2 Å². The van der Waals surface area contributed by atoms with E-state index in [1.54, 1.807) is 24.3 Å². The first-order valence-electron chi connectivity index (χ1n) is 9.52. The average Bonchev–Trinajstić information content (AvgIpc) is 3.01. The number of non-ortho nitro benzene ring substituents is 1. The maximum absolute atomic E-state index is 12.8. The molecule has 1 fully saturated rings. The van der Waals surface area contributed by atoms with Gasteiger partial charge in [-0.05, 0) is 48.0 Å². The number of nitrogens with zero attached hydrogens (tertiary/aromatic N) is 2. The van der Waals surface area contributed by atoms with Gasteiger partial charge in [0.1, 0.15) is 6.61 Å². The van der Waals surface area contributed by atoms with Gasteiger partial charge in [0.15, 0.2) is 11.5 Å². The summed E-state index contributed by atoms with van der Waals surface area (Å²) in [6.07, 6.45) is 3.15. The summed E-state index contributed by atoms with van der Waals surface area (Å²) in [6.45, 7) is 6.08. The lowest BCUT2D eigenvalue weighted by Crippen LogP contribution is -2.27. The molecular formula is C22H19ClN2O6S. The number of nitro benzene ring substituents is 1. The maximum atomic E-state index is 12.8. The van der Waals surface area contributed by atoms with Crippen molar-refractivity contribution in [1.29, 1.82) is 0 Å². The maximum Gasteiger partial charge on any atom is 0.293 e. The molecule has 3 rings (SSSR count). The Labute approximate surface area is 193 Å². The number of imide groups is 1. The van der Waals surface area contributed by atoms with Crippen LogP contribution in [0.1, 0.15) is 18.1 Å². The molecule has 10 heteroatoms. The minimum absolute atomic E-state index is 0.0132. The van der Waals surface area contributed by atoms with Crippen molar-refractivity contribution < 1.29 is 24.0 Å². The zero-order chi connectivity index (χ0) is 23.3. The molecule has 166 valence electrons. The molecule has 0 atom stereocenters. The van der Waals surface area contributed by atoms with Crippen molar-refractivity contribution in [2.24, 2.45) is 0 Å². The van der Waals surface area contributed by atoms with E-state index in [4.69, 9.17) is 21.1 Å². The fraction of sp³-hybridized carbons (Fsp3) is 0.182. The number of ether oxygens (including phenoxy) is 2. The molecule has 0 aliphatic carbocycles. The van der Waals surface area contributed by atoms with Crippen LogP contribution in [-0.2, 0) is 11.3 Å². The van der Waals surface area contributed by atoms with Crippen LogP contribution in [0.2, 0.25) is 5.02 Å². The third kappa shape index (κ3) is 5.30. The molecule has 0 bridgehead atoms. The molecule has 0 unspecified atom stereocenters. The molecule has 0 aromatic heterocycles. The van der Waals surface area contributed by atoms with Gasteiger partial charge in [-0.25, -0.2) is 0 Å². The average molecular weight is 475 g/mol. The lowest BCUT2D eigenvalue weighted by Gasteiger charge is -2.14. The highest BCUT2D eigenvalue weighted by Gasteiger charge is 2.35. The first-order chi connectivity index (χ1) is 15.3. The standard InChI is InChI=1S/C22H19ClN2O6S/c1-3-9-31-20-17(23)10-15(11-18(20)30-4-2)12-19-21(26)24(22(27)32-19)13-14-5-7-16(8-6-14)25(28)29/h3,5-8,10-12H,1,4,9,13H2,2H3/b19-12+. The molecule has 1 aliphatic rings. The van der Waals surface area contributed by atoms with Crippen molar-refractivity contribution in [3.8, 4) is 11.5 Å². The first kappa shape index (κ1) is 23.4. The van der Waals surface area contributed by atoms with Gasteiger partial charge < -0.3 is 9.47 Å². The highest BCUT2D eigenvalue weighted by Crippen LogP contribution is 2.39. The van der Waals surface area contributed by atoms with Crippen LogP contribution >= 0.6 is 23.4 Å². The lowest BCUT2D eigenvalue weighted by molar-refractivity contribution is -0.384. The van der Waals surface area contributed by atoms with Crippen molar-refractivity contribution in [3.63, 3.8) is 0 Å². The lowest BCUT2D eigenvalue weighted by atomic mass is 10.1. The molecule has 0 radical (unpaired) electrons. The monoisotopic (exact) mass is 474 g/mol. The van der Waals surface area contributed by atoms with E-state index in [-0.39, 0.29) is 23.7 Å². The van der Waals surface area contributed by atoms with Gasteiger partial charge in [0, 0.05) is 12.1 Å². The van der Waals surface area contributed by atoms with E-state index in [0.717, 1.165) is 16.7 Å². The largest absolute Gasteiger partial charge is 0.490 e. The Morgan fingerprint density at radius 1 is 1.22 bits per heavy atom. The van der Waals surface area contributed by atoms with Crippen LogP contribution in [0.4, 0.5) is 10.5 Å². The second-order valence-corrected chi connectivity index (χ2v) is 7.95. The van der Waals surface area contributed by atoms with Crippen LogP contribution in [0, 0.1) is 10.1 Å². The Balaban J connectivity index is 1.83. The van der Waals surface area contributed by atoms with E-state index < -0.39 is 16.1 Å². The van der Waals surface area contributed by atoms with Crippen LogP contribution in [0.15, 0.2) is 54.0 Å².